The van der Waals surface area contributed by atoms with Gasteiger partial charge in [-0.2, -0.15) is 0 Å². The van der Waals surface area contributed by atoms with Crippen molar-refractivity contribution in [1.29, 1.82) is 0 Å². The number of hydrogen-bond acceptors (Lipinski definition) is 2. The maximum atomic E-state index is 3.48. The van der Waals surface area contributed by atoms with Gasteiger partial charge in [0, 0.05) is 6.04 Å². The molecule has 2 heteroatoms. The smallest absolute Gasteiger partial charge is 0.00926 e. The number of hydrogen-bond donors (Lipinski definition) is 1. The molecule has 1 saturated carbocycles. The second-order valence-corrected chi connectivity index (χ2v) is 6.48. The van der Waals surface area contributed by atoms with Gasteiger partial charge in [-0.25, -0.2) is 0 Å². The van der Waals surface area contributed by atoms with Crippen LogP contribution in [0, 0.1) is 5.41 Å². The minimum Gasteiger partial charge on any atom is -0.317 e. The lowest BCUT2D eigenvalue weighted by Gasteiger charge is -2.38. The molecule has 2 nitrogen and oxygen atoms in total. The third kappa shape index (κ3) is 5.87. The summed E-state index contributed by atoms with van der Waals surface area (Å²) in [4.78, 5) is 2.59. The van der Waals surface area contributed by atoms with Crippen LogP contribution in [-0.4, -0.2) is 37.6 Å². The highest BCUT2D eigenvalue weighted by atomic mass is 15.1. The molecule has 0 radical (unpaired) electrons. The van der Waals surface area contributed by atoms with Gasteiger partial charge in [0.05, 0.1) is 0 Å². The van der Waals surface area contributed by atoms with Crippen molar-refractivity contribution in [2.45, 2.75) is 65.3 Å². The molecule has 1 N–H and O–H groups in total. The van der Waals surface area contributed by atoms with E-state index in [4.69, 9.17) is 0 Å². The zero-order valence-electron chi connectivity index (χ0n) is 12.4. The van der Waals surface area contributed by atoms with Gasteiger partial charge in [-0.15, -0.1) is 0 Å². The Morgan fingerprint density at radius 1 is 1.18 bits per heavy atom. The molecule has 102 valence electrons. The van der Waals surface area contributed by atoms with E-state index in [9.17, 15) is 0 Å². The molecule has 0 bridgehead atoms. The first-order valence-corrected chi connectivity index (χ1v) is 7.46. The molecule has 1 fully saturated rings. The largest absolute Gasteiger partial charge is 0.317 e. The molecule has 0 heterocycles. The molecule has 1 aliphatic rings. The van der Waals surface area contributed by atoms with Crippen molar-refractivity contribution < 1.29 is 0 Å². The fourth-order valence-electron chi connectivity index (χ4n) is 2.76. The van der Waals surface area contributed by atoms with Gasteiger partial charge >= 0.3 is 0 Å². The highest BCUT2D eigenvalue weighted by molar-refractivity contribution is 4.82. The van der Waals surface area contributed by atoms with E-state index in [0.29, 0.717) is 5.41 Å². The SMILES string of the molecule is CCCNCCCN(C)C1CCC(C)(C)CC1. The van der Waals surface area contributed by atoms with Crippen LogP contribution < -0.4 is 5.32 Å². The Hall–Kier alpha value is -0.0800. The van der Waals surface area contributed by atoms with E-state index in [1.54, 1.807) is 0 Å². The van der Waals surface area contributed by atoms with Crippen LogP contribution in [0.4, 0.5) is 0 Å². The Bertz CT molecular complexity index is 191. The zero-order chi connectivity index (χ0) is 12.7. The summed E-state index contributed by atoms with van der Waals surface area (Å²) >= 11 is 0. The van der Waals surface area contributed by atoms with E-state index in [1.165, 1.54) is 58.2 Å². The van der Waals surface area contributed by atoms with Gasteiger partial charge in [0.2, 0.25) is 0 Å². The van der Waals surface area contributed by atoms with Gasteiger partial charge in [-0.1, -0.05) is 20.8 Å². The molecule has 0 saturated heterocycles. The van der Waals surface area contributed by atoms with Crippen molar-refractivity contribution in [2.24, 2.45) is 5.41 Å². The van der Waals surface area contributed by atoms with Gasteiger partial charge in [0.25, 0.3) is 0 Å². The second kappa shape index (κ2) is 7.38. The van der Waals surface area contributed by atoms with Crippen LogP contribution in [0.25, 0.3) is 0 Å². The van der Waals surface area contributed by atoms with Crippen molar-refractivity contribution >= 4 is 0 Å². The lowest BCUT2D eigenvalue weighted by Crippen LogP contribution is -2.38. The fourth-order valence-corrected chi connectivity index (χ4v) is 2.76. The number of nitrogens with zero attached hydrogens (tertiary/aromatic N) is 1. The third-order valence-electron chi connectivity index (χ3n) is 4.22. The monoisotopic (exact) mass is 240 g/mol. The molecule has 0 spiro atoms. The summed E-state index contributed by atoms with van der Waals surface area (Å²) in [6, 6.07) is 0.842. The molecule has 0 aromatic heterocycles. The molecule has 0 atom stereocenters. The standard InChI is InChI=1S/C15H32N2/c1-5-11-16-12-6-13-17(4)14-7-9-15(2,3)10-8-14/h14,16H,5-13H2,1-4H3. The summed E-state index contributed by atoms with van der Waals surface area (Å²) in [5, 5.41) is 3.48. The van der Waals surface area contributed by atoms with E-state index in [0.717, 1.165) is 6.04 Å². The van der Waals surface area contributed by atoms with Crippen molar-refractivity contribution in [1.82, 2.24) is 10.2 Å². The minimum absolute atomic E-state index is 0.597. The summed E-state index contributed by atoms with van der Waals surface area (Å²) in [5.74, 6) is 0. The van der Waals surface area contributed by atoms with E-state index in [1.807, 2.05) is 0 Å². The van der Waals surface area contributed by atoms with E-state index in [2.05, 4.69) is 38.0 Å². The van der Waals surface area contributed by atoms with Gasteiger partial charge in [-0.3, -0.25) is 0 Å². The molecular weight excluding hydrogens is 208 g/mol. The highest BCUT2D eigenvalue weighted by Gasteiger charge is 2.28. The molecule has 1 rings (SSSR count). The minimum atomic E-state index is 0.597. The molecule has 0 unspecified atom stereocenters. The quantitative estimate of drug-likeness (QED) is 0.687. The van der Waals surface area contributed by atoms with Gasteiger partial charge in [-0.05, 0) is 70.6 Å². The van der Waals surface area contributed by atoms with E-state index < -0.39 is 0 Å². The van der Waals surface area contributed by atoms with Crippen molar-refractivity contribution in [3.8, 4) is 0 Å². The maximum Gasteiger partial charge on any atom is 0.00926 e. The van der Waals surface area contributed by atoms with Crippen LogP contribution in [-0.2, 0) is 0 Å². The van der Waals surface area contributed by atoms with Crippen LogP contribution in [0.15, 0.2) is 0 Å². The molecule has 0 aliphatic heterocycles. The van der Waals surface area contributed by atoms with E-state index >= 15 is 0 Å². The highest BCUT2D eigenvalue weighted by Crippen LogP contribution is 2.36. The fraction of sp³-hybridized carbons (Fsp3) is 1.00. The lowest BCUT2D eigenvalue weighted by molar-refractivity contribution is 0.127. The maximum absolute atomic E-state index is 3.48. The van der Waals surface area contributed by atoms with Crippen LogP contribution in [0.3, 0.4) is 0 Å². The predicted molar refractivity (Wildman–Crippen MR) is 76.4 cm³/mol. The van der Waals surface area contributed by atoms with E-state index in [-0.39, 0.29) is 0 Å². The Morgan fingerprint density at radius 3 is 2.41 bits per heavy atom. The summed E-state index contributed by atoms with van der Waals surface area (Å²) in [6.45, 7) is 10.7. The Balaban J connectivity index is 2.10. The van der Waals surface area contributed by atoms with Crippen molar-refractivity contribution in [3.63, 3.8) is 0 Å². The Morgan fingerprint density at radius 2 is 1.82 bits per heavy atom. The van der Waals surface area contributed by atoms with Gasteiger partial charge in [0.1, 0.15) is 0 Å². The number of nitrogens with one attached hydrogen (secondary N) is 1. The van der Waals surface area contributed by atoms with Crippen molar-refractivity contribution in [2.75, 3.05) is 26.7 Å². The van der Waals surface area contributed by atoms with Crippen LogP contribution >= 0.6 is 0 Å². The number of rotatable bonds is 7. The summed E-state index contributed by atoms with van der Waals surface area (Å²) in [5.41, 5.74) is 0.597. The third-order valence-corrected chi connectivity index (χ3v) is 4.22. The summed E-state index contributed by atoms with van der Waals surface area (Å²) in [7, 11) is 2.31. The van der Waals surface area contributed by atoms with Gasteiger partial charge in [0.15, 0.2) is 0 Å². The molecule has 0 amide bonds. The van der Waals surface area contributed by atoms with Gasteiger partial charge < -0.3 is 10.2 Å². The molecule has 0 aromatic carbocycles. The average Bonchev–Trinajstić information content (AvgIpc) is 2.28. The molecular formula is C15H32N2. The molecule has 0 aromatic rings. The Kier molecular flexibility index (Phi) is 6.50. The Labute approximate surface area is 108 Å². The summed E-state index contributed by atoms with van der Waals surface area (Å²) < 4.78 is 0. The first-order valence-electron chi connectivity index (χ1n) is 7.46. The second-order valence-electron chi connectivity index (χ2n) is 6.48. The normalized spacial score (nSPS) is 21.0. The lowest BCUT2D eigenvalue weighted by atomic mass is 9.75. The average molecular weight is 240 g/mol. The molecule has 17 heavy (non-hydrogen) atoms. The van der Waals surface area contributed by atoms with Crippen LogP contribution in [0.1, 0.15) is 59.3 Å². The predicted octanol–water partition coefficient (Wildman–Crippen LogP) is 3.28. The van der Waals surface area contributed by atoms with Crippen molar-refractivity contribution in [3.05, 3.63) is 0 Å². The first kappa shape index (κ1) is 15.0. The zero-order valence-corrected chi connectivity index (χ0v) is 12.4. The van der Waals surface area contributed by atoms with Crippen LogP contribution in [0.5, 0.6) is 0 Å². The van der Waals surface area contributed by atoms with Crippen LogP contribution in [0.2, 0.25) is 0 Å². The molecule has 1 aliphatic carbocycles. The first-order chi connectivity index (χ1) is 8.05. The topological polar surface area (TPSA) is 15.3 Å². The summed E-state index contributed by atoms with van der Waals surface area (Å²) in [6.07, 6.45) is 8.12.